The van der Waals surface area contributed by atoms with Crippen LogP contribution in [0.5, 0.6) is 5.75 Å². The molecule has 1 aromatic heterocycles. The molecular weight excluding hydrogens is 380 g/mol. The second kappa shape index (κ2) is 8.87. The summed E-state index contributed by atoms with van der Waals surface area (Å²) >= 11 is 0. The van der Waals surface area contributed by atoms with Gasteiger partial charge in [0.25, 0.3) is 0 Å². The Morgan fingerprint density at radius 3 is 2.70 bits per heavy atom. The number of aryl methyl sites for hydroxylation is 1. The standard InChI is InChI=1S/C22H30N6O2/c1-4-26-11-13-27(14-12-26)21-17-15-28(10-9-18(17)23-16(2)24-21)22(29)25-19-7-5-6-8-20(19)30-3/h5-8H,4,9-15H2,1-3H3,(H,25,29)/p+1. The first-order valence-corrected chi connectivity index (χ1v) is 10.7. The molecule has 30 heavy (non-hydrogen) atoms. The molecule has 2 aromatic rings. The Morgan fingerprint density at radius 1 is 1.20 bits per heavy atom. The van der Waals surface area contributed by atoms with Gasteiger partial charge in [0.15, 0.2) is 0 Å². The van der Waals surface area contributed by atoms with E-state index in [0.29, 0.717) is 24.5 Å². The molecule has 2 aliphatic rings. The predicted molar refractivity (Wildman–Crippen MR) is 116 cm³/mol. The Morgan fingerprint density at radius 2 is 1.97 bits per heavy atom. The van der Waals surface area contributed by atoms with Crippen LogP contribution in [0.3, 0.4) is 0 Å². The molecule has 1 aromatic carbocycles. The van der Waals surface area contributed by atoms with Crippen LogP contribution in [0, 0.1) is 6.92 Å². The summed E-state index contributed by atoms with van der Waals surface area (Å²) in [6.07, 6.45) is 0.741. The van der Waals surface area contributed by atoms with Crippen molar-refractivity contribution in [1.29, 1.82) is 0 Å². The van der Waals surface area contributed by atoms with Crippen LogP contribution < -0.4 is 19.9 Å². The van der Waals surface area contributed by atoms with Gasteiger partial charge in [0.2, 0.25) is 0 Å². The van der Waals surface area contributed by atoms with Gasteiger partial charge in [-0.05, 0) is 26.0 Å². The monoisotopic (exact) mass is 411 g/mol. The molecule has 1 saturated heterocycles. The second-order valence-corrected chi connectivity index (χ2v) is 7.91. The average molecular weight is 412 g/mol. The highest BCUT2D eigenvalue weighted by molar-refractivity contribution is 5.91. The van der Waals surface area contributed by atoms with E-state index in [1.165, 1.54) is 0 Å². The number of rotatable bonds is 4. The number of anilines is 2. The molecule has 0 unspecified atom stereocenters. The number of nitrogens with one attached hydrogen (secondary N) is 2. The van der Waals surface area contributed by atoms with Gasteiger partial charge in [0.05, 0.1) is 57.8 Å². The van der Waals surface area contributed by atoms with E-state index in [9.17, 15) is 4.79 Å². The minimum Gasteiger partial charge on any atom is -0.495 e. The molecule has 0 saturated carbocycles. The number of hydrogen-bond donors (Lipinski definition) is 2. The van der Waals surface area contributed by atoms with Crippen molar-refractivity contribution < 1.29 is 14.4 Å². The van der Waals surface area contributed by atoms with Gasteiger partial charge in [-0.15, -0.1) is 0 Å². The predicted octanol–water partition coefficient (Wildman–Crippen LogP) is 1.11. The lowest BCUT2D eigenvalue weighted by molar-refractivity contribution is -0.898. The number of likely N-dealkylation sites (N-methyl/N-ethyl adjacent to an activating group) is 1. The van der Waals surface area contributed by atoms with Crippen molar-refractivity contribution in [3.05, 3.63) is 41.3 Å². The minimum absolute atomic E-state index is 0.128. The number of nitrogens with zero attached hydrogens (tertiary/aromatic N) is 4. The van der Waals surface area contributed by atoms with Gasteiger partial charge in [0.1, 0.15) is 17.4 Å². The first-order chi connectivity index (χ1) is 14.6. The summed E-state index contributed by atoms with van der Waals surface area (Å²) in [5.74, 6) is 2.46. The van der Waals surface area contributed by atoms with Crippen LogP contribution in [0.2, 0.25) is 0 Å². The minimum atomic E-state index is -0.128. The van der Waals surface area contributed by atoms with Crippen molar-refractivity contribution in [1.82, 2.24) is 14.9 Å². The maximum absolute atomic E-state index is 13.0. The first kappa shape index (κ1) is 20.4. The van der Waals surface area contributed by atoms with Crippen LogP contribution in [0.1, 0.15) is 24.0 Å². The van der Waals surface area contributed by atoms with Gasteiger partial charge in [-0.1, -0.05) is 12.1 Å². The summed E-state index contributed by atoms with van der Waals surface area (Å²) in [7, 11) is 1.61. The molecule has 0 atom stereocenters. The number of benzene rings is 1. The number of ether oxygens (including phenoxy) is 1. The topological polar surface area (TPSA) is 75.0 Å². The number of amides is 2. The number of para-hydroxylation sites is 2. The maximum Gasteiger partial charge on any atom is 0.322 e. The summed E-state index contributed by atoms with van der Waals surface area (Å²) in [6, 6.07) is 7.33. The Bertz CT molecular complexity index is 910. The van der Waals surface area contributed by atoms with E-state index < -0.39 is 0 Å². The fourth-order valence-electron chi connectivity index (χ4n) is 4.28. The third kappa shape index (κ3) is 4.18. The number of carbonyl (C=O) groups is 1. The normalized spacial score (nSPS) is 16.9. The SMILES string of the molecule is CC[NH+]1CCN(c2nc(C)nc3c2CN(C(=O)Nc2ccccc2OC)CC3)CC1. The van der Waals surface area contributed by atoms with Crippen LogP contribution in [0.4, 0.5) is 16.3 Å². The van der Waals surface area contributed by atoms with Gasteiger partial charge in [0, 0.05) is 18.5 Å². The zero-order valence-electron chi connectivity index (χ0n) is 18.1. The average Bonchev–Trinajstić information content (AvgIpc) is 2.78. The molecule has 8 nitrogen and oxygen atoms in total. The quantitative estimate of drug-likeness (QED) is 0.788. The van der Waals surface area contributed by atoms with Gasteiger partial charge in [-0.25, -0.2) is 14.8 Å². The van der Waals surface area contributed by atoms with E-state index in [1.807, 2.05) is 36.1 Å². The summed E-state index contributed by atoms with van der Waals surface area (Å²) < 4.78 is 5.36. The van der Waals surface area contributed by atoms with E-state index in [4.69, 9.17) is 9.72 Å². The molecule has 2 aliphatic heterocycles. The Hall–Kier alpha value is -2.87. The van der Waals surface area contributed by atoms with Gasteiger partial charge in [-0.2, -0.15) is 0 Å². The van der Waals surface area contributed by atoms with E-state index in [1.54, 1.807) is 12.0 Å². The smallest absolute Gasteiger partial charge is 0.322 e. The Kier molecular flexibility index (Phi) is 6.03. The largest absolute Gasteiger partial charge is 0.495 e. The summed E-state index contributed by atoms with van der Waals surface area (Å²) in [5, 5.41) is 2.99. The van der Waals surface area contributed by atoms with Gasteiger partial charge >= 0.3 is 6.03 Å². The molecule has 3 heterocycles. The lowest BCUT2D eigenvalue weighted by Gasteiger charge is -2.36. The lowest BCUT2D eigenvalue weighted by Crippen LogP contribution is -3.14. The highest BCUT2D eigenvalue weighted by Crippen LogP contribution is 2.28. The number of fused-ring (bicyclic) bond motifs is 1. The molecule has 8 heteroatoms. The number of aromatic nitrogens is 2. The summed E-state index contributed by atoms with van der Waals surface area (Å²) in [6.45, 7) is 10.7. The molecule has 0 aliphatic carbocycles. The summed E-state index contributed by atoms with van der Waals surface area (Å²) in [4.78, 5) is 28.3. The zero-order valence-corrected chi connectivity index (χ0v) is 18.1. The Balaban J connectivity index is 1.53. The molecule has 2 amide bonds. The number of methoxy groups -OCH3 is 1. The van der Waals surface area contributed by atoms with Crippen molar-refractivity contribution in [2.24, 2.45) is 0 Å². The molecule has 2 N–H and O–H groups in total. The van der Waals surface area contributed by atoms with Crippen LogP contribution in [-0.4, -0.2) is 67.3 Å². The van der Waals surface area contributed by atoms with Crippen LogP contribution in [-0.2, 0) is 13.0 Å². The molecule has 0 bridgehead atoms. The fourth-order valence-corrected chi connectivity index (χ4v) is 4.28. The second-order valence-electron chi connectivity index (χ2n) is 7.91. The third-order valence-electron chi connectivity index (χ3n) is 6.06. The Labute approximate surface area is 177 Å². The molecular formula is C22H31N6O2+. The van der Waals surface area contributed by atoms with E-state index in [2.05, 4.69) is 22.1 Å². The highest BCUT2D eigenvalue weighted by Gasteiger charge is 2.29. The number of hydrogen-bond acceptors (Lipinski definition) is 5. The van der Waals surface area contributed by atoms with Crippen molar-refractivity contribution in [2.45, 2.75) is 26.8 Å². The zero-order chi connectivity index (χ0) is 21.1. The molecule has 0 spiro atoms. The van der Waals surface area contributed by atoms with Crippen molar-refractivity contribution in [3.8, 4) is 5.75 Å². The van der Waals surface area contributed by atoms with E-state index in [-0.39, 0.29) is 6.03 Å². The van der Waals surface area contributed by atoms with E-state index in [0.717, 1.165) is 62.0 Å². The lowest BCUT2D eigenvalue weighted by atomic mass is 10.1. The van der Waals surface area contributed by atoms with Crippen LogP contribution >= 0.6 is 0 Å². The number of carbonyl (C=O) groups excluding carboxylic acids is 1. The number of quaternary nitrogens is 1. The van der Waals surface area contributed by atoms with Crippen molar-refractivity contribution in [3.63, 3.8) is 0 Å². The van der Waals surface area contributed by atoms with Gasteiger partial charge < -0.3 is 24.8 Å². The molecule has 4 rings (SSSR count). The van der Waals surface area contributed by atoms with Gasteiger partial charge in [-0.3, -0.25) is 0 Å². The van der Waals surface area contributed by atoms with Crippen molar-refractivity contribution >= 4 is 17.5 Å². The molecule has 160 valence electrons. The number of urea groups is 1. The molecule has 0 radical (unpaired) electrons. The fraction of sp³-hybridized carbons (Fsp3) is 0.500. The van der Waals surface area contributed by atoms with Crippen LogP contribution in [0.15, 0.2) is 24.3 Å². The number of piperazine rings is 1. The van der Waals surface area contributed by atoms with E-state index >= 15 is 0 Å². The highest BCUT2D eigenvalue weighted by atomic mass is 16.5. The van der Waals surface area contributed by atoms with Crippen LogP contribution in [0.25, 0.3) is 0 Å². The first-order valence-electron chi connectivity index (χ1n) is 10.7. The summed E-state index contributed by atoms with van der Waals surface area (Å²) in [5.41, 5.74) is 2.83. The van der Waals surface area contributed by atoms with Crippen molar-refractivity contribution in [2.75, 3.05) is 56.6 Å². The molecule has 1 fully saturated rings. The third-order valence-corrected chi connectivity index (χ3v) is 6.06. The maximum atomic E-state index is 13.0.